The lowest BCUT2D eigenvalue weighted by Crippen LogP contribution is -2.15. The largest absolute Gasteiger partial charge is 0.341 e. The minimum atomic E-state index is 0.445. The van der Waals surface area contributed by atoms with E-state index in [-0.39, 0.29) is 0 Å². The minimum Gasteiger partial charge on any atom is -0.341 e. The Morgan fingerprint density at radius 3 is 2.53 bits per heavy atom. The first-order chi connectivity index (χ1) is 7.99. The molecule has 0 saturated heterocycles. The Kier molecular flexibility index (Phi) is 3.45. The Bertz CT molecular complexity index is 526. The van der Waals surface area contributed by atoms with Gasteiger partial charge < -0.3 is 9.47 Å². The monoisotopic (exact) mass is 250 g/mol. The van der Waals surface area contributed by atoms with Gasteiger partial charge in [-0.05, 0) is 46.1 Å². The zero-order valence-electron chi connectivity index (χ0n) is 10.9. The summed E-state index contributed by atoms with van der Waals surface area (Å²) >= 11 is 6.09. The third-order valence-corrected chi connectivity index (χ3v) is 3.11. The standard InChI is InChI=1S/C14H19ClN2/c1-10(2)17-13(9-16(3)4)7-11-5-6-12(15)8-14(11)17/h5-8,10H,9H2,1-4H3. The quantitative estimate of drug-likeness (QED) is 0.801. The van der Waals surface area contributed by atoms with Crippen LogP contribution in [0.5, 0.6) is 0 Å². The van der Waals surface area contributed by atoms with Gasteiger partial charge in [-0.2, -0.15) is 0 Å². The molecule has 2 aromatic rings. The van der Waals surface area contributed by atoms with Crippen LogP contribution in [0.1, 0.15) is 25.6 Å². The molecule has 92 valence electrons. The average molecular weight is 251 g/mol. The topological polar surface area (TPSA) is 8.17 Å². The van der Waals surface area contributed by atoms with Gasteiger partial charge in [0.2, 0.25) is 0 Å². The number of benzene rings is 1. The van der Waals surface area contributed by atoms with Gasteiger partial charge in [0.15, 0.2) is 0 Å². The maximum atomic E-state index is 6.09. The van der Waals surface area contributed by atoms with Crippen LogP contribution in [0, 0.1) is 0 Å². The predicted octanol–water partition coefficient (Wildman–Crippen LogP) is 3.94. The molecule has 0 bridgehead atoms. The van der Waals surface area contributed by atoms with E-state index in [0.717, 1.165) is 11.6 Å². The summed E-state index contributed by atoms with van der Waals surface area (Å²) in [5.41, 5.74) is 2.56. The lowest BCUT2D eigenvalue weighted by Gasteiger charge is -2.17. The molecule has 0 spiro atoms. The average Bonchev–Trinajstić information content (AvgIpc) is 2.53. The van der Waals surface area contributed by atoms with Crippen molar-refractivity contribution in [3.63, 3.8) is 0 Å². The Morgan fingerprint density at radius 2 is 1.94 bits per heavy atom. The Hall–Kier alpha value is -0.990. The van der Waals surface area contributed by atoms with Crippen LogP contribution in [0.2, 0.25) is 5.02 Å². The molecule has 0 unspecified atom stereocenters. The zero-order chi connectivity index (χ0) is 12.6. The number of hydrogen-bond acceptors (Lipinski definition) is 1. The van der Waals surface area contributed by atoms with E-state index in [1.165, 1.54) is 16.6 Å². The number of aromatic nitrogens is 1. The maximum absolute atomic E-state index is 6.09. The number of fused-ring (bicyclic) bond motifs is 1. The van der Waals surface area contributed by atoms with Crippen LogP contribution < -0.4 is 0 Å². The summed E-state index contributed by atoms with van der Waals surface area (Å²) in [5, 5.41) is 2.06. The SMILES string of the molecule is CC(C)n1c(CN(C)C)cc2ccc(Cl)cc21. The molecule has 1 aromatic carbocycles. The van der Waals surface area contributed by atoms with Gasteiger partial charge in [-0.25, -0.2) is 0 Å². The summed E-state index contributed by atoms with van der Waals surface area (Å²) in [4.78, 5) is 2.19. The summed E-state index contributed by atoms with van der Waals surface area (Å²) in [6.07, 6.45) is 0. The Labute approximate surface area is 108 Å². The fourth-order valence-electron chi connectivity index (χ4n) is 2.31. The summed E-state index contributed by atoms with van der Waals surface area (Å²) in [7, 11) is 4.19. The van der Waals surface area contributed by atoms with E-state index in [4.69, 9.17) is 11.6 Å². The van der Waals surface area contributed by atoms with Gasteiger partial charge >= 0.3 is 0 Å². The minimum absolute atomic E-state index is 0.445. The molecule has 0 N–H and O–H groups in total. The first-order valence-corrected chi connectivity index (χ1v) is 6.31. The molecule has 1 aromatic heterocycles. The molecular formula is C14H19ClN2. The van der Waals surface area contributed by atoms with Crippen LogP contribution in [-0.4, -0.2) is 23.6 Å². The number of nitrogens with zero attached hydrogens (tertiary/aromatic N) is 2. The first kappa shape index (κ1) is 12.5. The zero-order valence-corrected chi connectivity index (χ0v) is 11.6. The molecule has 0 radical (unpaired) electrons. The van der Waals surface area contributed by atoms with Crippen molar-refractivity contribution in [3.05, 3.63) is 35.0 Å². The Balaban J connectivity index is 2.63. The van der Waals surface area contributed by atoms with Crippen LogP contribution in [0.25, 0.3) is 10.9 Å². The van der Waals surface area contributed by atoms with Gasteiger partial charge in [0.05, 0.1) is 0 Å². The van der Waals surface area contributed by atoms with E-state index in [0.29, 0.717) is 6.04 Å². The molecule has 17 heavy (non-hydrogen) atoms. The second-order valence-electron chi connectivity index (χ2n) is 5.04. The lowest BCUT2D eigenvalue weighted by molar-refractivity contribution is 0.384. The van der Waals surface area contributed by atoms with Crippen LogP contribution in [0.15, 0.2) is 24.3 Å². The highest BCUT2D eigenvalue weighted by molar-refractivity contribution is 6.31. The predicted molar refractivity (Wildman–Crippen MR) is 74.7 cm³/mol. The second-order valence-corrected chi connectivity index (χ2v) is 5.48. The van der Waals surface area contributed by atoms with Gasteiger partial charge in [0.25, 0.3) is 0 Å². The fraction of sp³-hybridized carbons (Fsp3) is 0.429. The molecule has 0 aliphatic heterocycles. The van der Waals surface area contributed by atoms with Crippen LogP contribution in [-0.2, 0) is 6.54 Å². The summed E-state index contributed by atoms with van der Waals surface area (Å²) in [6.45, 7) is 5.36. The van der Waals surface area contributed by atoms with Crippen molar-refractivity contribution in [1.29, 1.82) is 0 Å². The van der Waals surface area contributed by atoms with Crippen LogP contribution in [0.4, 0.5) is 0 Å². The Morgan fingerprint density at radius 1 is 1.24 bits per heavy atom. The van der Waals surface area contributed by atoms with Crippen molar-refractivity contribution in [2.45, 2.75) is 26.4 Å². The van der Waals surface area contributed by atoms with Crippen LogP contribution in [0.3, 0.4) is 0 Å². The molecule has 0 aliphatic rings. The third kappa shape index (κ3) is 2.48. The normalized spacial score (nSPS) is 11.9. The molecule has 0 atom stereocenters. The van der Waals surface area contributed by atoms with E-state index in [1.54, 1.807) is 0 Å². The molecule has 1 heterocycles. The molecule has 0 fully saturated rings. The third-order valence-electron chi connectivity index (χ3n) is 2.88. The van der Waals surface area contributed by atoms with E-state index in [9.17, 15) is 0 Å². The molecule has 0 saturated carbocycles. The molecule has 3 heteroatoms. The highest BCUT2D eigenvalue weighted by Gasteiger charge is 2.12. The first-order valence-electron chi connectivity index (χ1n) is 5.93. The van der Waals surface area contributed by atoms with Gasteiger partial charge in [-0.3, -0.25) is 0 Å². The number of hydrogen-bond donors (Lipinski definition) is 0. The number of halogens is 1. The van der Waals surface area contributed by atoms with Crippen molar-refractivity contribution >= 4 is 22.5 Å². The molecular weight excluding hydrogens is 232 g/mol. The van der Waals surface area contributed by atoms with Crippen molar-refractivity contribution < 1.29 is 0 Å². The van der Waals surface area contributed by atoms with E-state index < -0.39 is 0 Å². The maximum Gasteiger partial charge on any atom is 0.0500 e. The van der Waals surface area contributed by atoms with Crippen molar-refractivity contribution in [3.8, 4) is 0 Å². The van der Waals surface area contributed by atoms with Gasteiger partial charge in [-0.1, -0.05) is 17.7 Å². The second kappa shape index (κ2) is 4.71. The summed E-state index contributed by atoms with van der Waals surface area (Å²) in [5.74, 6) is 0. The molecule has 0 amide bonds. The molecule has 0 aliphatic carbocycles. The van der Waals surface area contributed by atoms with Crippen LogP contribution >= 0.6 is 11.6 Å². The van der Waals surface area contributed by atoms with Crippen molar-refractivity contribution in [2.24, 2.45) is 0 Å². The number of rotatable bonds is 3. The van der Waals surface area contributed by atoms with E-state index in [1.807, 2.05) is 6.07 Å². The molecule has 2 rings (SSSR count). The smallest absolute Gasteiger partial charge is 0.0500 e. The lowest BCUT2D eigenvalue weighted by atomic mass is 10.2. The summed E-state index contributed by atoms with van der Waals surface area (Å²) < 4.78 is 2.36. The van der Waals surface area contributed by atoms with E-state index >= 15 is 0 Å². The van der Waals surface area contributed by atoms with Crippen molar-refractivity contribution in [1.82, 2.24) is 9.47 Å². The fourth-order valence-corrected chi connectivity index (χ4v) is 2.47. The van der Waals surface area contributed by atoms with Gasteiger partial charge in [-0.15, -0.1) is 0 Å². The highest BCUT2D eigenvalue weighted by atomic mass is 35.5. The summed E-state index contributed by atoms with van der Waals surface area (Å²) in [6, 6.07) is 8.80. The van der Waals surface area contributed by atoms with Gasteiger partial charge in [0.1, 0.15) is 0 Å². The molecule has 2 nitrogen and oxygen atoms in total. The van der Waals surface area contributed by atoms with E-state index in [2.05, 4.69) is 55.6 Å². The van der Waals surface area contributed by atoms with Gasteiger partial charge in [0, 0.05) is 34.2 Å². The highest BCUT2D eigenvalue weighted by Crippen LogP contribution is 2.27. The van der Waals surface area contributed by atoms with Crippen molar-refractivity contribution in [2.75, 3.05) is 14.1 Å².